The van der Waals surface area contributed by atoms with E-state index in [-0.39, 0.29) is 5.91 Å². The van der Waals surface area contributed by atoms with Gasteiger partial charge in [0, 0.05) is 39.5 Å². The average Bonchev–Trinajstić information content (AvgIpc) is 2.86. The number of carbonyl (C=O) groups excluding carboxylic acids is 1. The van der Waals surface area contributed by atoms with Crippen LogP contribution in [0.15, 0.2) is 28.9 Å². The second-order valence-corrected chi connectivity index (χ2v) is 5.81. The highest BCUT2D eigenvalue weighted by Gasteiger charge is 2.19. The molecule has 0 aliphatic rings. The molecule has 0 saturated heterocycles. The van der Waals surface area contributed by atoms with Gasteiger partial charge in [0.25, 0.3) is 5.91 Å². The zero-order valence-electron chi connectivity index (χ0n) is 14.2. The lowest BCUT2D eigenvalue weighted by Crippen LogP contribution is -2.31. The summed E-state index contributed by atoms with van der Waals surface area (Å²) in [4.78, 5) is 24.4. The summed E-state index contributed by atoms with van der Waals surface area (Å²) >= 11 is 0. The minimum Gasteiger partial charge on any atom is -0.445 e. The molecule has 0 N–H and O–H groups in total. The molecule has 23 heavy (non-hydrogen) atoms. The summed E-state index contributed by atoms with van der Waals surface area (Å²) in [6.07, 6.45) is 4.51. The first kappa shape index (κ1) is 17.1. The number of nitrogens with zero attached hydrogens (tertiary/aromatic N) is 4. The van der Waals surface area contributed by atoms with Crippen molar-refractivity contribution in [3.05, 3.63) is 47.4 Å². The molecule has 6 nitrogen and oxygen atoms in total. The third-order valence-electron chi connectivity index (χ3n) is 3.69. The number of amides is 1. The van der Waals surface area contributed by atoms with Crippen molar-refractivity contribution in [3.8, 4) is 0 Å². The Balaban J connectivity index is 1.77. The van der Waals surface area contributed by atoms with E-state index in [1.54, 1.807) is 38.2 Å². The molecule has 124 valence electrons. The molecule has 2 heterocycles. The topological polar surface area (TPSA) is 62.5 Å². The largest absolute Gasteiger partial charge is 0.445 e. The van der Waals surface area contributed by atoms with Gasteiger partial charge in [-0.1, -0.05) is 0 Å². The van der Waals surface area contributed by atoms with Gasteiger partial charge in [0.2, 0.25) is 0 Å². The number of hydrogen-bond donors (Lipinski definition) is 0. The summed E-state index contributed by atoms with van der Waals surface area (Å²) < 4.78 is 5.32. The van der Waals surface area contributed by atoms with E-state index in [0.717, 1.165) is 19.5 Å². The molecule has 1 amide bonds. The Bertz CT molecular complexity index is 639. The van der Waals surface area contributed by atoms with Crippen molar-refractivity contribution in [1.82, 2.24) is 19.8 Å². The lowest BCUT2D eigenvalue weighted by molar-refractivity contribution is 0.0782. The maximum atomic E-state index is 12.3. The number of aryl methyl sites for hydroxylation is 2. The maximum Gasteiger partial charge on any atom is 0.275 e. The van der Waals surface area contributed by atoms with Gasteiger partial charge in [0.05, 0.1) is 0 Å². The number of hydrogen-bond acceptors (Lipinski definition) is 5. The highest BCUT2D eigenvalue weighted by molar-refractivity contribution is 5.93. The second kappa shape index (κ2) is 7.87. The van der Waals surface area contributed by atoms with Crippen LogP contribution in [0.2, 0.25) is 0 Å². The van der Waals surface area contributed by atoms with Crippen LogP contribution in [0, 0.1) is 13.8 Å². The van der Waals surface area contributed by atoms with Crippen LogP contribution in [0.5, 0.6) is 0 Å². The number of pyridine rings is 1. The molecule has 2 rings (SSSR count). The van der Waals surface area contributed by atoms with E-state index in [1.165, 1.54) is 5.56 Å². The van der Waals surface area contributed by atoms with Gasteiger partial charge >= 0.3 is 0 Å². The fourth-order valence-corrected chi connectivity index (χ4v) is 2.47. The van der Waals surface area contributed by atoms with E-state index in [0.29, 0.717) is 23.9 Å². The summed E-state index contributed by atoms with van der Waals surface area (Å²) in [5, 5.41) is 0. The standard InChI is InChI=1S/C17H24N4O2/c1-13-16(19-14(2)23-13)17(22)21(4)11-5-10-20(3)12-15-6-8-18-9-7-15/h6-9H,5,10-12H2,1-4H3. The van der Waals surface area contributed by atoms with Crippen molar-refractivity contribution in [2.24, 2.45) is 0 Å². The number of carbonyl (C=O) groups is 1. The molecule has 0 aliphatic carbocycles. The van der Waals surface area contributed by atoms with Crippen LogP contribution in [0.25, 0.3) is 0 Å². The van der Waals surface area contributed by atoms with Gasteiger partial charge in [-0.2, -0.15) is 0 Å². The molecular formula is C17H24N4O2. The predicted molar refractivity (Wildman–Crippen MR) is 88.1 cm³/mol. The van der Waals surface area contributed by atoms with Crippen LogP contribution in [-0.2, 0) is 6.54 Å². The molecule has 0 aliphatic heterocycles. The Morgan fingerprint density at radius 3 is 2.48 bits per heavy atom. The van der Waals surface area contributed by atoms with Gasteiger partial charge in [-0.05, 0) is 44.6 Å². The molecule has 6 heteroatoms. The third-order valence-corrected chi connectivity index (χ3v) is 3.69. The van der Waals surface area contributed by atoms with Crippen molar-refractivity contribution in [1.29, 1.82) is 0 Å². The Hall–Kier alpha value is -2.21. The molecular weight excluding hydrogens is 292 g/mol. The van der Waals surface area contributed by atoms with Crippen molar-refractivity contribution in [2.75, 3.05) is 27.2 Å². The van der Waals surface area contributed by atoms with E-state index >= 15 is 0 Å². The number of aromatic nitrogens is 2. The summed E-state index contributed by atoms with van der Waals surface area (Å²) in [6.45, 7) is 5.99. The van der Waals surface area contributed by atoms with Gasteiger partial charge in [-0.15, -0.1) is 0 Å². The highest BCUT2D eigenvalue weighted by Crippen LogP contribution is 2.11. The van der Waals surface area contributed by atoms with Gasteiger partial charge < -0.3 is 14.2 Å². The van der Waals surface area contributed by atoms with Crippen LogP contribution in [0.4, 0.5) is 0 Å². The fraction of sp³-hybridized carbons (Fsp3) is 0.471. The van der Waals surface area contributed by atoms with Crippen molar-refractivity contribution in [3.63, 3.8) is 0 Å². The Kier molecular flexibility index (Phi) is 5.87. The quantitative estimate of drug-likeness (QED) is 0.784. The average molecular weight is 316 g/mol. The molecule has 0 spiro atoms. The highest BCUT2D eigenvalue weighted by atomic mass is 16.4. The number of rotatable bonds is 7. The maximum absolute atomic E-state index is 12.3. The van der Waals surface area contributed by atoms with Gasteiger partial charge in [0.15, 0.2) is 11.6 Å². The van der Waals surface area contributed by atoms with E-state index in [9.17, 15) is 4.79 Å². The van der Waals surface area contributed by atoms with E-state index in [1.807, 2.05) is 12.1 Å². The van der Waals surface area contributed by atoms with Crippen molar-refractivity contribution >= 4 is 5.91 Å². The first-order valence-electron chi connectivity index (χ1n) is 7.74. The zero-order valence-corrected chi connectivity index (χ0v) is 14.2. The normalized spacial score (nSPS) is 11.0. The third kappa shape index (κ3) is 4.89. The van der Waals surface area contributed by atoms with E-state index < -0.39 is 0 Å². The zero-order chi connectivity index (χ0) is 16.8. The minimum atomic E-state index is -0.0869. The first-order chi connectivity index (χ1) is 11.0. The molecule has 0 atom stereocenters. The number of oxazole rings is 1. The van der Waals surface area contributed by atoms with Crippen LogP contribution in [0.1, 0.15) is 34.1 Å². The molecule has 0 fully saturated rings. The molecule has 0 radical (unpaired) electrons. The smallest absolute Gasteiger partial charge is 0.275 e. The van der Waals surface area contributed by atoms with Crippen LogP contribution in [0.3, 0.4) is 0 Å². The van der Waals surface area contributed by atoms with Gasteiger partial charge in [0.1, 0.15) is 5.76 Å². The Labute approximate surface area is 137 Å². The molecule has 2 aromatic heterocycles. The van der Waals surface area contributed by atoms with E-state index in [2.05, 4.69) is 21.9 Å². The molecule has 0 unspecified atom stereocenters. The van der Waals surface area contributed by atoms with Gasteiger partial charge in [-0.25, -0.2) is 4.98 Å². The SMILES string of the molecule is Cc1nc(C(=O)N(C)CCCN(C)Cc2ccncc2)c(C)o1. The summed E-state index contributed by atoms with van der Waals surface area (Å²) in [5.41, 5.74) is 1.65. The molecule has 0 saturated carbocycles. The van der Waals surface area contributed by atoms with Crippen LogP contribution >= 0.6 is 0 Å². The minimum absolute atomic E-state index is 0.0869. The monoisotopic (exact) mass is 316 g/mol. The van der Waals surface area contributed by atoms with Gasteiger partial charge in [-0.3, -0.25) is 9.78 Å². The lowest BCUT2D eigenvalue weighted by atomic mass is 10.2. The molecule has 2 aromatic rings. The Morgan fingerprint density at radius 1 is 1.17 bits per heavy atom. The Morgan fingerprint density at radius 2 is 1.87 bits per heavy atom. The van der Waals surface area contributed by atoms with Crippen molar-refractivity contribution < 1.29 is 9.21 Å². The first-order valence-corrected chi connectivity index (χ1v) is 7.74. The van der Waals surface area contributed by atoms with Crippen molar-refractivity contribution in [2.45, 2.75) is 26.8 Å². The van der Waals surface area contributed by atoms with Crippen LogP contribution in [-0.4, -0.2) is 52.9 Å². The summed E-state index contributed by atoms with van der Waals surface area (Å²) in [5.74, 6) is 1.02. The lowest BCUT2D eigenvalue weighted by Gasteiger charge is -2.20. The fourth-order valence-electron chi connectivity index (χ4n) is 2.47. The molecule has 0 bridgehead atoms. The second-order valence-electron chi connectivity index (χ2n) is 5.81. The van der Waals surface area contributed by atoms with Crippen LogP contribution < -0.4 is 0 Å². The summed E-state index contributed by atoms with van der Waals surface area (Å²) in [7, 11) is 3.88. The predicted octanol–water partition coefficient (Wildman–Crippen LogP) is 2.28. The molecule has 0 aromatic carbocycles. The van der Waals surface area contributed by atoms with E-state index in [4.69, 9.17) is 4.42 Å². The summed E-state index contributed by atoms with van der Waals surface area (Å²) in [6, 6.07) is 4.03.